The van der Waals surface area contributed by atoms with Gasteiger partial charge >= 0.3 is 0 Å². The Kier molecular flexibility index (Phi) is 5.51. The molecule has 0 aliphatic carbocycles. The van der Waals surface area contributed by atoms with Gasteiger partial charge in [0.15, 0.2) is 0 Å². The molecule has 2 aromatic carbocycles. The minimum absolute atomic E-state index is 0.0354. The molecular weight excluding hydrogens is 426 g/mol. The lowest BCUT2D eigenvalue weighted by molar-refractivity contribution is -0.123. The predicted octanol–water partition coefficient (Wildman–Crippen LogP) is 2.95. The van der Waals surface area contributed by atoms with Crippen LogP contribution in [0.25, 0.3) is 0 Å². The van der Waals surface area contributed by atoms with Crippen LogP contribution in [-0.2, 0) is 32.5 Å². The van der Waals surface area contributed by atoms with Crippen LogP contribution in [-0.4, -0.2) is 44.2 Å². The molecule has 168 valence electrons. The molecule has 8 heteroatoms. The topological polar surface area (TPSA) is 86.8 Å². The summed E-state index contributed by atoms with van der Waals surface area (Å²) in [6, 6.07) is 12.9. The molecule has 0 radical (unpaired) electrons. The molecule has 3 aliphatic heterocycles. The number of fused-ring (bicyclic) bond motifs is 2. The van der Waals surface area contributed by atoms with Gasteiger partial charge in [-0.3, -0.25) is 9.59 Å². The van der Waals surface area contributed by atoms with Crippen molar-refractivity contribution in [2.24, 2.45) is 5.92 Å². The van der Waals surface area contributed by atoms with Crippen LogP contribution in [0.1, 0.15) is 36.8 Å². The van der Waals surface area contributed by atoms with Crippen LogP contribution in [0.15, 0.2) is 47.4 Å². The van der Waals surface area contributed by atoms with Crippen LogP contribution in [0.4, 0.5) is 11.4 Å². The highest BCUT2D eigenvalue weighted by molar-refractivity contribution is 7.89. The fourth-order valence-corrected chi connectivity index (χ4v) is 6.51. The molecule has 0 saturated carbocycles. The first-order valence-electron chi connectivity index (χ1n) is 11.3. The molecule has 3 aliphatic rings. The van der Waals surface area contributed by atoms with Crippen molar-refractivity contribution in [2.45, 2.75) is 43.4 Å². The van der Waals surface area contributed by atoms with Crippen LogP contribution in [0.3, 0.4) is 0 Å². The number of piperidine rings is 1. The molecule has 0 unspecified atom stereocenters. The Hall–Kier alpha value is -2.71. The molecule has 0 spiro atoms. The highest BCUT2D eigenvalue weighted by Gasteiger charge is 2.36. The van der Waals surface area contributed by atoms with Crippen molar-refractivity contribution in [3.63, 3.8) is 0 Å². The second-order valence-corrected chi connectivity index (χ2v) is 10.7. The van der Waals surface area contributed by atoms with E-state index >= 15 is 0 Å². The summed E-state index contributed by atoms with van der Waals surface area (Å²) < 4.78 is 28.0. The van der Waals surface area contributed by atoms with Gasteiger partial charge in [0.1, 0.15) is 0 Å². The van der Waals surface area contributed by atoms with Crippen LogP contribution in [0.2, 0.25) is 0 Å². The van der Waals surface area contributed by atoms with Crippen LogP contribution < -0.4 is 10.2 Å². The summed E-state index contributed by atoms with van der Waals surface area (Å²) >= 11 is 0. The molecule has 1 fully saturated rings. The highest BCUT2D eigenvalue weighted by Crippen LogP contribution is 2.33. The molecule has 3 heterocycles. The number of anilines is 2. The zero-order valence-electron chi connectivity index (χ0n) is 17.9. The third kappa shape index (κ3) is 3.82. The number of benzene rings is 2. The van der Waals surface area contributed by atoms with E-state index in [1.807, 2.05) is 23.1 Å². The number of carbonyl (C=O) groups excluding carboxylic acids is 2. The summed E-state index contributed by atoms with van der Waals surface area (Å²) in [5.74, 6) is -0.0886. The van der Waals surface area contributed by atoms with E-state index in [0.29, 0.717) is 57.4 Å². The van der Waals surface area contributed by atoms with Crippen molar-refractivity contribution in [2.75, 3.05) is 29.9 Å². The molecule has 32 heavy (non-hydrogen) atoms. The summed E-state index contributed by atoms with van der Waals surface area (Å²) in [6.07, 6.45) is 3.74. The van der Waals surface area contributed by atoms with E-state index < -0.39 is 10.0 Å². The third-order valence-electron chi connectivity index (χ3n) is 6.79. The van der Waals surface area contributed by atoms with E-state index in [1.54, 1.807) is 18.2 Å². The summed E-state index contributed by atoms with van der Waals surface area (Å²) in [6.45, 7) is 1.37. The molecule has 0 bridgehead atoms. The van der Waals surface area contributed by atoms with E-state index in [9.17, 15) is 18.0 Å². The maximum absolute atomic E-state index is 13.3. The summed E-state index contributed by atoms with van der Waals surface area (Å²) in [5.41, 5.74) is 3.74. The van der Waals surface area contributed by atoms with Gasteiger partial charge in [0.25, 0.3) is 0 Å². The number of aryl methyl sites for hydroxylation is 1. The van der Waals surface area contributed by atoms with Gasteiger partial charge in [-0.25, -0.2) is 8.42 Å². The van der Waals surface area contributed by atoms with Crippen LogP contribution in [0, 0.1) is 5.92 Å². The van der Waals surface area contributed by atoms with Crippen LogP contribution in [0.5, 0.6) is 0 Å². The molecule has 7 nitrogen and oxygen atoms in total. The van der Waals surface area contributed by atoms with Crippen molar-refractivity contribution in [1.82, 2.24) is 4.31 Å². The van der Waals surface area contributed by atoms with Gasteiger partial charge in [0.2, 0.25) is 21.8 Å². The Morgan fingerprint density at radius 3 is 2.53 bits per heavy atom. The number of sulfonamides is 1. The normalized spacial score (nSPS) is 19.8. The average molecular weight is 454 g/mol. The van der Waals surface area contributed by atoms with Crippen molar-refractivity contribution in [3.8, 4) is 0 Å². The minimum atomic E-state index is -3.64. The number of rotatable bonds is 3. The summed E-state index contributed by atoms with van der Waals surface area (Å²) in [4.78, 5) is 27.0. The first-order valence-corrected chi connectivity index (χ1v) is 12.7. The van der Waals surface area contributed by atoms with Gasteiger partial charge in [-0.2, -0.15) is 4.31 Å². The van der Waals surface area contributed by atoms with Gasteiger partial charge in [0.05, 0.1) is 4.90 Å². The molecule has 0 atom stereocenters. The molecule has 1 N–H and O–H groups in total. The van der Waals surface area contributed by atoms with Crippen molar-refractivity contribution >= 4 is 33.2 Å². The fourth-order valence-electron chi connectivity index (χ4n) is 4.99. The van der Waals surface area contributed by atoms with Gasteiger partial charge in [-0.15, -0.1) is 0 Å². The highest BCUT2D eigenvalue weighted by atomic mass is 32.2. The summed E-state index contributed by atoms with van der Waals surface area (Å²) in [5, 5.41) is 2.84. The Morgan fingerprint density at radius 1 is 0.938 bits per heavy atom. The van der Waals surface area contributed by atoms with E-state index in [-0.39, 0.29) is 22.6 Å². The second kappa shape index (κ2) is 8.33. The van der Waals surface area contributed by atoms with Gasteiger partial charge in [-0.05, 0) is 67.5 Å². The zero-order chi connectivity index (χ0) is 22.3. The second-order valence-electron chi connectivity index (χ2n) is 8.77. The fraction of sp³-hybridized carbons (Fsp3) is 0.417. The van der Waals surface area contributed by atoms with Crippen molar-refractivity contribution in [1.29, 1.82) is 0 Å². The number of amides is 2. The average Bonchev–Trinajstić information content (AvgIpc) is 3.14. The lowest BCUT2D eigenvalue weighted by Gasteiger charge is -2.32. The molecule has 1 saturated heterocycles. The van der Waals surface area contributed by atoms with E-state index in [4.69, 9.17) is 0 Å². The number of hydrogen-bond donors (Lipinski definition) is 1. The monoisotopic (exact) mass is 453 g/mol. The Labute approximate surface area is 188 Å². The largest absolute Gasteiger partial charge is 0.326 e. The smallest absolute Gasteiger partial charge is 0.243 e. The summed E-state index contributed by atoms with van der Waals surface area (Å²) in [7, 11) is -3.64. The molecule has 5 rings (SSSR count). The maximum atomic E-state index is 13.3. The standard InChI is InChI=1S/C24H27N3O4S/c28-23-7-3-5-19-16-20(8-9-21(19)25-23)32(30,31)26-13-10-18(11-14-26)24(29)27-15-12-17-4-1-2-6-22(17)27/h1-2,4,6,8-9,16,18H,3,5,7,10-15H2,(H,25,28). The van der Waals surface area contributed by atoms with Gasteiger partial charge in [-0.1, -0.05) is 18.2 Å². The minimum Gasteiger partial charge on any atom is -0.326 e. The predicted molar refractivity (Wildman–Crippen MR) is 122 cm³/mol. The molecule has 2 aromatic rings. The number of nitrogens with one attached hydrogen (secondary N) is 1. The molecular formula is C24H27N3O4S. The maximum Gasteiger partial charge on any atom is 0.243 e. The van der Waals surface area contributed by atoms with Crippen molar-refractivity contribution < 1.29 is 18.0 Å². The SMILES string of the molecule is O=C1CCCc2cc(S(=O)(=O)N3CCC(C(=O)N4CCc5ccccc54)CC3)ccc2N1. The first kappa shape index (κ1) is 21.2. The Balaban J connectivity index is 1.27. The lowest BCUT2D eigenvalue weighted by Crippen LogP contribution is -2.44. The molecule has 0 aromatic heterocycles. The van der Waals surface area contributed by atoms with Crippen LogP contribution >= 0.6 is 0 Å². The quantitative estimate of drug-likeness (QED) is 0.774. The first-order chi connectivity index (χ1) is 15.4. The van der Waals surface area contributed by atoms with E-state index in [2.05, 4.69) is 11.4 Å². The van der Waals surface area contributed by atoms with Gasteiger partial charge in [0, 0.05) is 43.3 Å². The number of carbonyl (C=O) groups is 2. The number of nitrogens with zero attached hydrogens (tertiary/aromatic N) is 2. The third-order valence-corrected chi connectivity index (χ3v) is 8.69. The Bertz CT molecular complexity index is 1170. The van der Waals surface area contributed by atoms with Gasteiger partial charge < -0.3 is 10.2 Å². The van der Waals surface area contributed by atoms with E-state index in [1.165, 1.54) is 9.87 Å². The lowest BCUT2D eigenvalue weighted by atomic mass is 9.96. The van der Waals surface area contributed by atoms with E-state index in [0.717, 1.165) is 17.7 Å². The molecule has 2 amide bonds. The number of para-hydroxylation sites is 1. The number of hydrogen-bond acceptors (Lipinski definition) is 4. The van der Waals surface area contributed by atoms with Crippen molar-refractivity contribution in [3.05, 3.63) is 53.6 Å². The zero-order valence-corrected chi connectivity index (χ0v) is 18.7. The Morgan fingerprint density at radius 2 is 1.72 bits per heavy atom.